The fraction of sp³-hybridized carbons (Fsp3) is 0.263. The number of pyridine rings is 1. The van der Waals surface area contributed by atoms with E-state index in [0.717, 1.165) is 5.56 Å². The molecule has 1 aliphatic rings. The van der Waals surface area contributed by atoms with Crippen molar-refractivity contribution in [2.24, 2.45) is 0 Å². The molecule has 1 aromatic carbocycles. The number of rotatable bonds is 2. The number of imidazole rings is 1. The molecule has 1 amide bonds. The van der Waals surface area contributed by atoms with E-state index in [1.54, 1.807) is 24.0 Å². The molecule has 5 nitrogen and oxygen atoms in total. The molecule has 128 valence electrons. The molecule has 1 saturated heterocycles. The molecule has 1 atom stereocenters. The second kappa shape index (κ2) is 6.29. The summed E-state index contributed by atoms with van der Waals surface area (Å²) in [7, 11) is 0. The molecule has 3 heterocycles. The lowest BCUT2D eigenvalue weighted by molar-refractivity contribution is 0.0692. The fourth-order valence-electron chi connectivity index (χ4n) is 3.34. The Hall–Kier alpha value is -2.73. The lowest BCUT2D eigenvalue weighted by Gasteiger charge is -2.33. The van der Waals surface area contributed by atoms with Crippen molar-refractivity contribution in [3.63, 3.8) is 0 Å². The Balaban J connectivity index is 1.63. The molecule has 4 rings (SSSR count). The zero-order valence-electron chi connectivity index (χ0n) is 13.9. The molecule has 1 fully saturated rings. The SMILES string of the molecule is Cc1cccc2nc(C(=O)N3CCN[C@@H](c4ccccc4)C3)c(F)n12. The van der Waals surface area contributed by atoms with E-state index in [1.165, 1.54) is 4.40 Å². The first-order valence-corrected chi connectivity index (χ1v) is 8.36. The number of carbonyl (C=O) groups is 1. The van der Waals surface area contributed by atoms with Gasteiger partial charge in [0.15, 0.2) is 5.69 Å². The third-order valence-electron chi connectivity index (χ3n) is 4.65. The van der Waals surface area contributed by atoms with Crippen molar-refractivity contribution in [1.82, 2.24) is 19.6 Å². The van der Waals surface area contributed by atoms with Crippen LogP contribution in [0.4, 0.5) is 4.39 Å². The van der Waals surface area contributed by atoms with Crippen molar-refractivity contribution < 1.29 is 9.18 Å². The molecule has 0 spiro atoms. The molecule has 0 unspecified atom stereocenters. The number of nitrogens with zero attached hydrogens (tertiary/aromatic N) is 3. The van der Waals surface area contributed by atoms with Gasteiger partial charge in [-0.05, 0) is 24.6 Å². The molecule has 1 aliphatic heterocycles. The van der Waals surface area contributed by atoms with Crippen LogP contribution in [0.3, 0.4) is 0 Å². The highest BCUT2D eigenvalue weighted by molar-refractivity contribution is 5.93. The van der Waals surface area contributed by atoms with Gasteiger partial charge in [-0.25, -0.2) is 4.98 Å². The van der Waals surface area contributed by atoms with Crippen LogP contribution >= 0.6 is 0 Å². The lowest BCUT2D eigenvalue weighted by atomic mass is 10.0. The van der Waals surface area contributed by atoms with E-state index >= 15 is 0 Å². The van der Waals surface area contributed by atoms with Crippen molar-refractivity contribution in [2.45, 2.75) is 13.0 Å². The number of piperazine rings is 1. The van der Waals surface area contributed by atoms with Crippen LogP contribution in [0.5, 0.6) is 0 Å². The van der Waals surface area contributed by atoms with Gasteiger partial charge in [0, 0.05) is 31.4 Å². The lowest BCUT2D eigenvalue weighted by Crippen LogP contribution is -2.48. The van der Waals surface area contributed by atoms with Crippen molar-refractivity contribution in [3.8, 4) is 0 Å². The monoisotopic (exact) mass is 338 g/mol. The zero-order valence-corrected chi connectivity index (χ0v) is 13.9. The molecular weight excluding hydrogens is 319 g/mol. The minimum atomic E-state index is -0.590. The Morgan fingerprint density at radius 3 is 2.76 bits per heavy atom. The molecule has 0 saturated carbocycles. The van der Waals surface area contributed by atoms with Gasteiger partial charge in [-0.2, -0.15) is 4.39 Å². The number of hydrogen-bond donors (Lipinski definition) is 1. The maximum atomic E-state index is 14.8. The van der Waals surface area contributed by atoms with Gasteiger partial charge in [0.05, 0.1) is 0 Å². The average Bonchev–Trinajstić information content (AvgIpc) is 3.00. The topological polar surface area (TPSA) is 49.6 Å². The van der Waals surface area contributed by atoms with Crippen LogP contribution < -0.4 is 5.32 Å². The maximum Gasteiger partial charge on any atom is 0.277 e. The second-order valence-corrected chi connectivity index (χ2v) is 6.28. The van der Waals surface area contributed by atoms with Crippen LogP contribution in [-0.4, -0.2) is 39.8 Å². The molecule has 6 heteroatoms. The van der Waals surface area contributed by atoms with E-state index in [-0.39, 0.29) is 17.6 Å². The van der Waals surface area contributed by atoms with E-state index in [0.29, 0.717) is 31.0 Å². The summed E-state index contributed by atoms with van der Waals surface area (Å²) < 4.78 is 16.1. The van der Waals surface area contributed by atoms with E-state index in [2.05, 4.69) is 10.3 Å². The van der Waals surface area contributed by atoms with Gasteiger partial charge in [-0.1, -0.05) is 36.4 Å². The summed E-state index contributed by atoms with van der Waals surface area (Å²) in [5.41, 5.74) is 2.17. The van der Waals surface area contributed by atoms with Crippen LogP contribution in [0.25, 0.3) is 5.65 Å². The Bertz CT molecular complexity index is 922. The molecule has 2 aromatic heterocycles. The zero-order chi connectivity index (χ0) is 17.4. The van der Waals surface area contributed by atoms with Gasteiger partial charge in [-0.15, -0.1) is 0 Å². The number of benzene rings is 1. The molecule has 3 aromatic rings. The molecule has 0 bridgehead atoms. The third-order valence-corrected chi connectivity index (χ3v) is 4.65. The summed E-state index contributed by atoms with van der Waals surface area (Å²) in [4.78, 5) is 18.8. The van der Waals surface area contributed by atoms with Crippen molar-refractivity contribution in [3.05, 3.63) is 71.4 Å². The van der Waals surface area contributed by atoms with Crippen molar-refractivity contribution in [2.75, 3.05) is 19.6 Å². The van der Waals surface area contributed by atoms with E-state index < -0.39 is 5.95 Å². The Labute approximate surface area is 145 Å². The number of aryl methyl sites for hydroxylation is 1. The molecule has 1 N–H and O–H groups in total. The number of carbonyl (C=O) groups excluding carboxylic acids is 1. The fourth-order valence-corrected chi connectivity index (χ4v) is 3.34. The Morgan fingerprint density at radius 1 is 1.20 bits per heavy atom. The second-order valence-electron chi connectivity index (χ2n) is 6.28. The normalized spacial score (nSPS) is 17.8. The Morgan fingerprint density at radius 2 is 2.00 bits per heavy atom. The third kappa shape index (κ3) is 2.78. The van der Waals surface area contributed by atoms with Gasteiger partial charge in [0.2, 0.25) is 5.95 Å². The maximum absolute atomic E-state index is 14.8. The van der Waals surface area contributed by atoms with Gasteiger partial charge < -0.3 is 10.2 Å². The number of hydrogen-bond acceptors (Lipinski definition) is 3. The number of amides is 1. The summed E-state index contributed by atoms with van der Waals surface area (Å²) in [6.07, 6.45) is 0. The number of fused-ring (bicyclic) bond motifs is 1. The van der Waals surface area contributed by atoms with E-state index in [4.69, 9.17) is 0 Å². The summed E-state index contributed by atoms with van der Waals surface area (Å²) in [5, 5.41) is 3.41. The minimum Gasteiger partial charge on any atom is -0.334 e. The minimum absolute atomic E-state index is 0.0423. The predicted octanol–water partition coefficient (Wildman–Crippen LogP) is 2.57. The van der Waals surface area contributed by atoms with E-state index in [9.17, 15) is 9.18 Å². The summed E-state index contributed by atoms with van der Waals surface area (Å²) in [5.74, 6) is -0.948. The van der Waals surface area contributed by atoms with Crippen LogP contribution in [0.2, 0.25) is 0 Å². The number of aromatic nitrogens is 2. The van der Waals surface area contributed by atoms with Crippen LogP contribution in [0.15, 0.2) is 48.5 Å². The largest absolute Gasteiger partial charge is 0.334 e. The summed E-state index contributed by atoms with van der Waals surface area (Å²) in [6, 6.07) is 15.3. The van der Waals surface area contributed by atoms with Crippen molar-refractivity contribution >= 4 is 11.6 Å². The van der Waals surface area contributed by atoms with Crippen molar-refractivity contribution in [1.29, 1.82) is 0 Å². The van der Waals surface area contributed by atoms with Gasteiger partial charge in [-0.3, -0.25) is 9.20 Å². The highest BCUT2D eigenvalue weighted by atomic mass is 19.1. The highest BCUT2D eigenvalue weighted by Gasteiger charge is 2.29. The first kappa shape index (κ1) is 15.8. The molecule has 0 radical (unpaired) electrons. The summed E-state index contributed by atoms with van der Waals surface area (Å²) >= 11 is 0. The summed E-state index contributed by atoms with van der Waals surface area (Å²) in [6.45, 7) is 3.49. The predicted molar refractivity (Wildman–Crippen MR) is 93.0 cm³/mol. The van der Waals surface area contributed by atoms with Gasteiger partial charge in [0.25, 0.3) is 5.91 Å². The van der Waals surface area contributed by atoms with Crippen LogP contribution in [-0.2, 0) is 0 Å². The van der Waals surface area contributed by atoms with Crippen LogP contribution in [0, 0.1) is 12.9 Å². The quantitative estimate of drug-likeness (QED) is 0.781. The highest BCUT2D eigenvalue weighted by Crippen LogP contribution is 2.20. The smallest absolute Gasteiger partial charge is 0.277 e. The standard InChI is InChI=1S/C19H19FN4O/c1-13-6-5-9-16-22-17(18(20)24(13)16)19(25)23-11-10-21-15(12-23)14-7-3-2-4-8-14/h2-9,15,21H,10-12H2,1H3/t15-/m1/s1. The van der Waals surface area contributed by atoms with Crippen LogP contribution in [0.1, 0.15) is 27.8 Å². The molecule has 0 aliphatic carbocycles. The molecular formula is C19H19FN4O. The van der Waals surface area contributed by atoms with Gasteiger partial charge >= 0.3 is 0 Å². The van der Waals surface area contributed by atoms with Gasteiger partial charge in [0.1, 0.15) is 5.65 Å². The Kier molecular flexibility index (Phi) is 3.97. The number of nitrogens with one attached hydrogen (secondary N) is 1. The first-order valence-electron chi connectivity index (χ1n) is 8.36. The number of halogens is 1. The van der Waals surface area contributed by atoms with E-state index in [1.807, 2.05) is 36.4 Å². The first-order chi connectivity index (χ1) is 12.1. The molecule has 25 heavy (non-hydrogen) atoms. The average molecular weight is 338 g/mol.